The zero-order valence-electron chi connectivity index (χ0n) is 8.31. The van der Waals surface area contributed by atoms with Crippen LogP contribution in [-0.4, -0.2) is 25.4 Å². The van der Waals surface area contributed by atoms with Crippen LogP contribution in [0.5, 0.6) is 0 Å². The monoisotopic (exact) mass is 160 g/mol. The van der Waals surface area contributed by atoms with Crippen molar-refractivity contribution in [3.05, 3.63) is 0 Å². The van der Waals surface area contributed by atoms with Gasteiger partial charge in [-0.15, -0.1) is 0 Å². The molecule has 0 rings (SSSR count). The van der Waals surface area contributed by atoms with Gasteiger partial charge in [0.2, 0.25) is 0 Å². The molecule has 1 unspecified atom stereocenters. The smallest absolute Gasteiger partial charge is 0.0598 e. The molecule has 11 heavy (non-hydrogen) atoms. The Hall–Kier alpha value is -0.0800. The highest BCUT2D eigenvalue weighted by molar-refractivity contribution is 4.59. The molecule has 0 heterocycles. The van der Waals surface area contributed by atoms with Gasteiger partial charge in [0.15, 0.2) is 0 Å². The molecule has 0 N–H and O–H groups in total. The van der Waals surface area contributed by atoms with Crippen LogP contribution in [0, 0.1) is 0 Å². The van der Waals surface area contributed by atoms with E-state index in [4.69, 9.17) is 9.47 Å². The molecule has 0 saturated heterocycles. The molecular weight excluding hydrogens is 140 g/mol. The SMILES string of the molecule is COC(C)CCOC(C)(C)C. The predicted molar refractivity (Wildman–Crippen MR) is 46.8 cm³/mol. The first-order chi connectivity index (χ1) is 4.95. The fourth-order valence-corrected chi connectivity index (χ4v) is 0.649. The molecule has 0 aliphatic rings. The van der Waals surface area contributed by atoms with E-state index in [0.29, 0.717) is 6.10 Å². The van der Waals surface area contributed by atoms with Crippen LogP contribution in [0.25, 0.3) is 0 Å². The van der Waals surface area contributed by atoms with Gasteiger partial charge in [0, 0.05) is 13.7 Å². The molecule has 2 heteroatoms. The minimum Gasteiger partial charge on any atom is -0.382 e. The molecule has 0 aliphatic heterocycles. The van der Waals surface area contributed by atoms with E-state index in [2.05, 4.69) is 20.8 Å². The average Bonchev–Trinajstić information content (AvgIpc) is 1.85. The number of rotatable bonds is 4. The molecule has 2 nitrogen and oxygen atoms in total. The van der Waals surface area contributed by atoms with Crippen molar-refractivity contribution in [2.45, 2.75) is 45.8 Å². The molecular formula is C9H20O2. The van der Waals surface area contributed by atoms with Crippen LogP contribution < -0.4 is 0 Å². The molecule has 0 fully saturated rings. The van der Waals surface area contributed by atoms with Crippen molar-refractivity contribution < 1.29 is 9.47 Å². The Balaban J connectivity index is 3.28. The fraction of sp³-hybridized carbons (Fsp3) is 1.00. The van der Waals surface area contributed by atoms with Gasteiger partial charge in [-0.25, -0.2) is 0 Å². The summed E-state index contributed by atoms with van der Waals surface area (Å²) in [5, 5.41) is 0. The Bertz CT molecular complexity index is 94.2. The Kier molecular flexibility index (Phi) is 4.69. The normalized spacial score (nSPS) is 15.0. The summed E-state index contributed by atoms with van der Waals surface area (Å²) in [6.07, 6.45) is 1.27. The van der Waals surface area contributed by atoms with E-state index in [1.165, 1.54) is 0 Å². The summed E-state index contributed by atoms with van der Waals surface area (Å²) in [4.78, 5) is 0. The van der Waals surface area contributed by atoms with Crippen LogP contribution >= 0.6 is 0 Å². The quantitative estimate of drug-likeness (QED) is 0.628. The largest absolute Gasteiger partial charge is 0.382 e. The fourth-order valence-electron chi connectivity index (χ4n) is 0.649. The van der Waals surface area contributed by atoms with Crippen LogP contribution in [0.2, 0.25) is 0 Å². The van der Waals surface area contributed by atoms with Crippen LogP contribution in [0.15, 0.2) is 0 Å². The van der Waals surface area contributed by atoms with E-state index in [1.807, 2.05) is 6.92 Å². The lowest BCUT2D eigenvalue weighted by atomic mass is 10.2. The summed E-state index contributed by atoms with van der Waals surface area (Å²) in [6, 6.07) is 0. The van der Waals surface area contributed by atoms with Crippen molar-refractivity contribution in [3.8, 4) is 0 Å². The van der Waals surface area contributed by atoms with Crippen molar-refractivity contribution in [3.63, 3.8) is 0 Å². The van der Waals surface area contributed by atoms with Crippen LogP contribution in [0.4, 0.5) is 0 Å². The maximum absolute atomic E-state index is 5.52. The third-order valence-corrected chi connectivity index (χ3v) is 1.46. The Labute approximate surface area is 69.9 Å². The minimum absolute atomic E-state index is 0.0204. The molecule has 0 aromatic carbocycles. The van der Waals surface area contributed by atoms with Crippen LogP contribution in [0.3, 0.4) is 0 Å². The second kappa shape index (κ2) is 4.73. The average molecular weight is 160 g/mol. The van der Waals surface area contributed by atoms with E-state index >= 15 is 0 Å². The van der Waals surface area contributed by atoms with E-state index in [9.17, 15) is 0 Å². The first-order valence-electron chi connectivity index (χ1n) is 4.12. The number of hydrogen-bond donors (Lipinski definition) is 0. The van der Waals surface area contributed by atoms with Crippen LogP contribution in [-0.2, 0) is 9.47 Å². The number of ether oxygens (including phenoxy) is 2. The standard InChI is InChI=1S/C9H20O2/c1-8(10-5)6-7-11-9(2,3)4/h8H,6-7H2,1-5H3. The molecule has 68 valence electrons. The highest BCUT2D eigenvalue weighted by Crippen LogP contribution is 2.08. The highest BCUT2D eigenvalue weighted by Gasteiger charge is 2.10. The first kappa shape index (κ1) is 10.9. The van der Waals surface area contributed by atoms with Crippen molar-refractivity contribution in [1.29, 1.82) is 0 Å². The van der Waals surface area contributed by atoms with Gasteiger partial charge < -0.3 is 9.47 Å². The Morgan fingerprint density at radius 3 is 2.18 bits per heavy atom. The molecule has 0 spiro atoms. The lowest BCUT2D eigenvalue weighted by molar-refractivity contribution is -0.0217. The third kappa shape index (κ3) is 7.82. The van der Waals surface area contributed by atoms with Crippen molar-refractivity contribution in [2.75, 3.05) is 13.7 Å². The van der Waals surface area contributed by atoms with Gasteiger partial charge in [0.05, 0.1) is 11.7 Å². The van der Waals surface area contributed by atoms with E-state index in [0.717, 1.165) is 13.0 Å². The first-order valence-corrected chi connectivity index (χ1v) is 4.12. The second-order valence-corrected chi connectivity index (χ2v) is 3.80. The minimum atomic E-state index is -0.0204. The molecule has 0 bridgehead atoms. The second-order valence-electron chi connectivity index (χ2n) is 3.80. The zero-order chi connectivity index (χ0) is 8.91. The Morgan fingerprint density at radius 2 is 1.82 bits per heavy atom. The van der Waals surface area contributed by atoms with Crippen molar-refractivity contribution in [2.24, 2.45) is 0 Å². The Morgan fingerprint density at radius 1 is 1.27 bits per heavy atom. The predicted octanol–water partition coefficient (Wildman–Crippen LogP) is 2.23. The zero-order valence-corrected chi connectivity index (χ0v) is 8.31. The highest BCUT2D eigenvalue weighted by atomic mass is 16.5. The molecule has 0 aromatic heterocycles. The van der Waals surface area contributed by atoms with Gasteiger partial charge in [0.1, 0.15) is 0 Å². The lowest BCUT2D eigenvalue weighted by Crippen LogP contribution is -2.21. The maximum atomic E-state index is 5.52. The van der Waals surface area contributed by atoms with Crippen LogP contribution in [0.1, 0.15) is 34.1 Å². The summed E-state index contributed by atoms with van der Waals surface area (Å²) in [7, 11) is 1.72. The summed E-state index contributed by atoms with van der Waals surface area (Å²) >= 11 is 0. The summed E-state index contributed by atoms with van der Waals surface area (Å²) in [5.41, 5.74) is -0.0204. The summed E-state index contributed by atoms with van der Waals surface area (Å²) in [5.74, 6) is 0. The molecule has 0 radical (unpaired) electrons. The van der Waals surface area contributed by atoms with E-state index < -0.39 is 0 Å². The van der Waals surface area contributed by atoms with Crippen molar-refractivity contribution in [1.82, 2.24) is 0 Å². The number of hydrogen-bond acceptors (Lipinski definition) is 2. The molecule has 0 aliphatic carbocycles. The van der Waals surface area contributed by atoms with Gasteiger partial charge in [-0.2, -0.15) is 0 Å². The van der Waals surface area contributed by atoms with E-state index in [1.54, 1.807) is 7.11 Å². The molecule has 1 atom stereocenters. The van der Waals surface area contributed by atoms with Crippen molar-refractivity contribution >= 4 is 0 Å². The molecule has 0 amide bonds. The van der Waals surface area contributed by atoms with Gasteiger partial charge in [-0.05, 0) is 34.1 Å². The maximum Gasteiger partial charge on any atom is 0.0598 e. The topological polar surface area (TPSA) is 18.5 Å². The molecule has 0 aromatic rings. The van der Waals surface area contributed by atoms with Gasteiger partial charge in [-0.1, -0.05) is 0 Å². The lowest BCUT2D eigenvalue weighted by Gasteiger charge is -2.20. The van der Waals surface area contributed by atoms with Gasteiger partial charge in [0.25, 0.3) is 0 Å². The number of methoxy groups -OCH3 is 1. The summed E-state index contributed by atoms with van der Waals surface area (Å²) in [6.45, 7) is 9.00. The van der Waals surface area contributed by atoms with Gasteiger partial charge >= 0.3 is 0 Å². The summed E-state index contributed by atoms with van der Waals surface area (Å²) < 4.78 is 10.6. The van der Waals surface area contributed by atoms with E-state index in [-0.39, 0.29) is 5.60 Å². The van der Waals surface area contributed by atoms with Gasteiger partial charge in [-0.3, -0.25) is 0 Å². The third-order valence-electron chi connectivity index (χ3n) is 1.46. The molecule has 0 saturated carbocycles.